The molecule has 0 aromatic heterocycles. The molecule has 0 amide bonds. The van der Waals surface area contributed by atoms with E-state index in [0.29, 0.717) is 30.9 Å². The van der Waals surface area contributed by atoms with Crippen LogP contribution in [0.2, 0.25) is 0 Å². The van der Waals surface area contributed by atoms with Gasteiger partial charge in [0.15, 0.2) is 11.5 Å². The number of rotatable bonds is 5. The van der Waals surface area contributed by atoms with E-state index < -0.39 is 0 Å². The number of nitriles is 1. The minimum absolute atomic E-state index is 0.111. The molecule has 1 heterocycles. The molecule has 1 fully saturated rings. The summed E-state index contributed by atoms with van der Waals surface area (Å²) in [6.07, 6.45) is 2.24. The lowest BCUT2D eigenvalue weighted by Crippen LogP contribution is -2.38. The standard InChI is InChI=1S/C16H20N2O3/c1-3-4-12-9-13(10-15(20-2)16(12)19)14(11-17)18-5-7-21-8-6-18/h3,9-10,14,19H,1,4-8H2,2H3/t14-/m1/s1. The van der Waals surface area contributed by atoms with E-state index >= 15 is 0 Å². The van der Waals surface area contributed by atoms with E-state index in [-0.39, 0.29) is 11.8 Å². The van der Waals surface area contributed by atoms with Crippen molar-refractivity contribution in [3.8, 4) is 17.6 Å². The summed E-state index contributed by atoms with van der Waals surface area (Å²) in [5, 5.41) is 19.6. The lowest BCUT2D eigenvalue weighted by Gasteiger charge is -2.31. The van der Waals surface area contributed by atoms with Crippen molar-refractivity contribution < 1.29 is 14.6 Å². The zero-order chi connectivity index (χ0) is 15.2. The molecule has 21 heavy (non-hydrogen) atoms. The fourth-order valence-electron chi connectivity index (χ4n) is 2.52. The minimum Gasteiger partial charge on any atom is -0.504 e. The van der Waals surface area contributed by atoms with Crippen molar-refractivity contribution in [3.05, 3.63) is 35.9 Å². The van der Waals surface area contributed by atoms with Gasteiger partial charge in [-0.3, -0.25) is 4.90 Å². The first-order valence-corrected chi connectivity index (χ1v) is 6.93. The number of nitrogens with zero attached hydrogens (tertiary/aromatic N) is 2. The maximum atomic E-state index is 10.1. The van der Waals surface area contributed by atoms with Gasteiger partial charge in [0.2, 0.25) is 0 Å². The fraction of sp³-hybridized carbons (Fsp3) is 0.438. The van der Waals surface area contributed by atoms with Gasteiger partial charge in [0.25, 0.3) is 0 Å². The largest absolute Gasteiger partial charge is 0.504 e. The van der Waals surface area contributed by atoms with Crippen LogP contribution in [-0.4, -0.2) is 43.4 Å². The molecule has 0 radical (unpaired) electrons. The first-order valence-electron chi connectivity index (χ1n) is 6.93. The zero-order valence-corrected chi connectivity index (χ0v) is 12.2. The second kappa shape index (κ2) is 7.11. The molecule has 2 rings (SSSR count). The van der Waals surface area contributed by atoms with Gasteiger partial charge in [0.1, 0.15) is 6.04 Å². The molecule has 0 spiro atoms. The van der Waals surface area contributed by atoms with Crippen molar-refractivity contribution in [1.29, 1.82) is 5.26 Å². The van der Waals surface area contributed by atoms with Gasteiger partial charge in [-0.25, -0.2) is 0 Å². The molecule has 112 valence electrons. The van der Waals surface area contributed by atoms with Gasteiger partial charge in [-0.1, -0.05) is 6.08 Å². The number of aromatic hydroxyl groups is 1. The molecule has 0 bridgehead atoms. The molecule has 1 aliphatic heterocycles. The maximum absolute atomic E-state index is 10.1. The quantitative estimate of drug-likeness (QED) is 0.840. The van der Waals surface area contributed by atoms with Crippen LogP contribution in [0.1, 0.15) is 17.2 Å². The molecule has 5 nitrogen and oxygen atoms in total. The number of ether oxygens (including phenoxy) is 2. The lowest BCUT2D eigenvalue weighted by molar-refractivity contribution is 0.0266. The minimum atomic E-state index is -0.369. The van der Waals surface area contributed by atoms with Crippen LogP contribution in [-0.2, 0) is 11.2 Å². The number of benzene rings is 1. The summed E-state index contributed by atoms with van der Waals surface area (Å²) >= 11 is 0. The highest BCUT2D eigenvalue weighted by Crippen LogP contribution is 2.35. The Kier molecular flexibility index (Phi) is 5.20. The SMILES string of the molecule is C=CCc1cc([C@@H](C#N)N2CCOCC2)cc(OC)c1O. The summed E-state index contributed by atoms with van der Waals surface area (Å²) in [5.74, 6) is 0.498. The average Bonchev–Trinajstić information content (AvgIpc) is 2.52. The Balaban J connectivity index is 2.38. The van der Waals surface area contributed by atoms with Gasteiger partial charge >= 0.3 is 0 Å². The van der Waals surface area contributed by atoms with Gasteiger partial charge in [-0.2, -0.15) is 5.26 Å². The normalized spacial score (nSPS) is 17.0. The molecule has 1 N–H and O–H groups in total. The zero-order valence-electron chi connectivity index (χ0n) is 12.2. The second-order valence-corrected chi connectivity index (χ2v) is 4.90. The number of morpholine rings is 1. The van der Waals surface area contributed by atoms with Gasteiger partial charge in [0, 0.05) is 18.7 Å². The molecule has 0 saturated carbocycles. The predicted molar refractivity (Wildman–Crippen MR) is 79.3 cm³/mol. The van der Waals surface area contributed by atoms with Gasteiger partial charge in [0.05, 0.1) is 26.4 Å². The summed E-state index contributed by atoms with van der Waals surface area (Å²) < 4.78 is 10.5. The third-order valence-corrected chi connectivity index (χ3v) is 3.61. The van der Waals surface area contributed by atoms with Crippen LogP contribution in [0.5, 0.6) is 11.5 Å². The summed E-state index contributed by atoms with van der Waals surface area (Å²) in [5.41, 5.74) is 1.54. The van der Waals surface area contributed by atoms with Crippen molar-refractivity contribution >= 4 is 0 Å². The van der Waals surface area contributed by atoms with Crippen LogP contribution in [0.3, 0.4) is 0 Å². The molecular formula is C16H20N2O3. The van der Waals surface area contributed by atoms with E-state index in [9.17, 15) is 10.4 Å². The van der Waals surface area contributed by atoms with Crippen LogP contribution in [0.15, 0.2) is 24.8 Å². The molecule has 0 unspecified atom stereocenters. The lowest BCUT2D eigenvalue weighted by atomic mass is 10.00. The molecule has 1 aromatic rings. The number of phenols is 1. The number of hydrogen-bond donors (Lipinski definition) is 1. The van der Waals surface area contributed by atoms with E-state index in [0.717, 1.165) is 18.7 Å². The fourth-order valence-corrected chi connectivity index (χ4v) is 2.52. The number of phenolic OH excluding ortho intramolecular Hbond substituents is 1. The Hall–Kier alpha value is -2.03. The van der Waals surface area contributed by atoms with E-state index in [4.69, 9.17) is 9.47 Å². The second-order valence-electron chi connectivity index (χ2n) is 4.90. The highest BCUT2D eigenvalue weighted by atomic mass is 16.5. The van der Waals surface area contributed by atoms with Gasteiger partial charge in [-0.15, -0.1) is 6.58 Å². The smallest absolute Gasteiger partial charge is 0.161 e. The summed E-state index contributed by atoms with van der Waals surface area (Å²) in [6, 6.07) is 5.54. The van der Waals surface area contributed by atoms with Crippen LogP contribution >= 0.6 is 0 Å². The van der Waals surface area contributed by atoms with Crippen molar-refractivity contribution in [1.82, 2.24) is 4.90 Å². The van der Waals surface area contributed by atoms with Crippen molar-refractivity contribution in [2.75, 3.05) is 33.4 Å². The average molecular weight is 288 g/mol. The summed E-state index contributed by atoms with van der Waals surface area (Å²) in [7, 11) is 1.51. The van der Waals surface area contributed by atoms with Gasteiger partial charge in [-0.05, 0) is 24.1 Å². The van der Waals surface area contributed by atoms with Crippen LogP contribution in [0.4, 0.5) is 0 Å². The van der Waals surface area contributed by atoms with Crippen molar-refractivity contribution in [3.63, 3.8) is 0 Å². The van der Waals surface area contributed by atoms with Crippen LogP contribution in [0, 0.1) is 11.3 Å². The topological polar surface area (TPSA) is 65.7 Å². The molecule has 1 atom stereocenters. The molecular weight excluding hydrogens is 268 g/mol. The Labute approximate surface area is 125 Å². The number of methoxy groups -OCH3 is 1. The Bertz CT molecular complexity index is 545. The van der Waals surface area contributed by atoms with Crippen LogP contribution < -0.4 is 4.74 Å². The number of allylic oxidation sites excluding steroid dienone is 1. The highest BCUT2D eigenvalue weighted by molar-refractivity contribution is 5.50. The summed E-state index contributed by atoms with van der Waals surface area (Å²) in [4.78, 5) is 2.08. The Morgan fingerprint density at radius 1 is 1.52 bits per heavy atom. The van der Waals surface area contributed by atoms with E-state index in [1.807, 2.05) is 6.07 Å². The van der Waals surface area contributed by atoms with Gasteiger partial charge < -0.3 is 14.6 Å². The third-order valence-electron chi connectivity index (χ3n) is 3.61. The van der Waals surface area contributed by atoms with E-state index in [1.54, 1.807) is 12.1 Å². The maximum Gasteiger partial charge on any atom is 0.161 e. The van der Waals surface area contributed by atoms with Crippen molar-refractivity contribution in [2.45, 2.75) is 12.5 Å². The van der Waals surface area contributed by atoms with E-state index in [2.05, 4.69) is 17.5 Å². The van der Waals surface area contributed by atoms with Crippen molar-refractivity contribution in [2.24, 2.45) is 0 Å². The van der Waals surface area contributed by atoms with Crippen LogP contribution in [0.25, 0.3) is 0 Å². The highest BCUT2D eigenvalue weighted by Gasteiger charge is 2.24. The molecule has 1 saturated heterocycles. The predicted octanol–water partition coefficient (Wildman–Crippen LogP) is 2.03. The first-order chi connectivity index (χ1) is 10.2. The van der Waals surface area contributed by atoms with E-state index in [1.165, 1.54) is 7.11 Å². The molecule has 1 aromatic carbocycles. The monoisotopic (exact) mass is 288 g/mol. The first kappa shape index (κ1) is 15.4. The Morgan fingerprint density at radius 3 is 2.81 bits per heavy atom. The molecule has 1 aliphatic rings. The Morgan fingerprint density at radius 2 is 2.24 bits per heavy atom. The molecule has 0 aliphatic carbocycles. The molecule has 5 heteroatoms. The third kappa shape index (κ3) is 3.35. The number of hydrogen-bond acceptors (Lipinski definition) is 5. The summed E-state index contributed by atoms with van der Waals surface area (Å²) in [6.45, 7) is 6.40.